The first kappa shape index (κ1) is 13.2. The van der Waals surface area contributed by atoms with Crippen LogP contribution in [0.1, 0.15) is 6.42 Å². The van der Waals surface area contributed by atoms with Crippen LogP contribution in [0, 0.1) is 20.2 Å². The summed E-state index contributed by atoms with van der Waals surface area (Å²) >= 11 is 0. The van der Waals surface area contributed by atoms with Crippen molar-refractivity contribution in [3.05, 3.63) is 38.4 Å². The van der Waals surface area contributed by atoms with Crippen LogP contribution in [0.5, 0.6) is 0 Å². The van der Waals surface area contributed by atoms with Gasteiger partial charge in [-0.25, -0.2) is 0 Å². The van der Waals surface area contributed by atoms with E-state index in [0.29, 0.717) is 18.8 Å². The number of benzene rings is 1. The number of nitro benzene ring substituents is 2. The summed E-state index contributed by atoms with van der Waals surface area (Å²) < 4.78 is 0. The number of hydrogen-bond acceptors (Lipinski definition) is 6. The SMILES string of the molecule is O=[N+]([O-])c1ccc(N2CCCNCC2)c([N+](=O)[O-])c1. The molecule has 0 radical (unpaired) electrons. The van der Waals surface area contributed by atoms with Gasteiger partial charge in [-0.3, -0.25) is 20.2 Å². The first-order valence-electron chi connectivity index (χ1n) is 5.98. The van der Waals surface area contributed by atoms with Crippen molar-refractivity contribution >= 4 is 17.1 Å². The molecule has 2 rings (SSSR count). The van der Waals surface area contributed by atoms with Gasteiger partial charge in [0.1, 0.15) is 5.69 Å². The summed E-state index contributed by atoms with van der Waals surface area (Å²) in [5.41, 5.74) is -0.0289. The van der Waals surface area contributed by atoms with E-state index in [-0.39, 0.29) is 11.4 Å². The quantitative estimate of drug-likeness (QED) is 0.653. The number of nitro groups is 2. The summed E-state index contributed by atoms with van der Waals surface area (Å²) in [6.07, 6.45) is 0.883. The molecule has 0 unspecified atom stereocenters. The lowest BCUT2D eigenvalue weighted by Crippen LogP contribution is -2.28. The zero-order valence-electron chi connectivity index (χ0n) is 10.2. The van der Waals surface area contributed by atoms with Crippen molar-refractivity contribution in [1.82, 2.24) is 5.32 Å². The number of anilines is 1. The summed E-state index contributed by atoms with van der Waals surface area (Å²) in [6.45, 7) is 2.97. The third kappa shape index (κ3) is 2.97. The van der Waals surface area contributed by atoms with Gasteiger partial charge in [0.15, 0.2) is 0 Å². The topological polar surface area (TPSA) is 102 Å². The van der Waals surface area contributed by atoms with Gasteiger partial charge in [-0.1, -0.05) is 0 Å². The first-order valence-corrected chi connectivity index (χ1v) is 5.98. The van der Waals surface area contributed by atoms with Crippen LogP contribution in [0.25, 0.3) is 0 Å². The van der Waals surface area contributed by atoms with Crippen molar-refractivity contribution in [3.8, 4) is 0 Å². The number of hydrogen-bond donors (Lipinski definition) is 1. The van der Waals surface area contributed by atoms with Gasteiger partial charge in [0.2, 0.25) is 0 Å². The molecule has 1 N–H and O–H groups in total. The lowest BCUT2D eigenvalue weighted by molar-refractivity contribution is -0.393. The van der Waals surface area contributed by atoms with Crippen molar-refractivity contribution in [2.45, 2.75) is 6.42 Å². The van der Waals surface area contributed by atoms with E-state index in [1.54, 1.807) is 0 Å². The Bertz CT molecular complexity index is 497. The van der Waals surface area contributed by atoms with Crippen molar-refractivity contribution < 1.29 is 9.85 Å². The maximum atomic E-state index is 11.1. The highest BCUT2D eigenvalue weighted by Crippen LogP contribution is 2.32. The molecule has 102 valence electrons. The Hall–Kier alpha value is -2.22. The minimum absolute atomic E-state index is 0.212. The molecule has 1 fully saturated rings. The van der Waals surface area contributed by atoms with Crippen molar-refractivity contribution in [2.75, 3.05) is 31.1 Å². The largest absolute Gasteiger partial charge is 0.365 e. The minimum Gasteiger partial charge on any atom is -0.365 e. The van der Waals surface area contributed by atoms with Crippen LogP contribution in [-0.4, -0.2) is 36.0 Å². The van der Waals surface area contributed by atoms with Gasteiger partial charge in [0.05, 0.1) is 15.9 Å². The van der Waals surface area contributed by atoms with E-state index in [0.717, 1.165) is 25.6 Å². The molecule has 0 saturated carbocycles. The van der Waals surface area contributed by atoms with Crippen molar-refractivity contribution in [3.63, 3.8) is 0 Å². The van der Waals surface area contributed by atoms with Gasteiger partial charge in [-0.05, 0) is 19.0 Å². The average molecular weight is 266 g/mol. The van der Waals surface area contributed by atoms with Gasteiger partial charge in [0.25, 0.3) is 11.4 Å². The van der Waals surface area contributed by atoms with Crippen molar-refractivity contribution in [1.29, 1.82) is 0 Å². The fourth-order valence-electron chi connectivity index (χ4n) is 2.13. The number of nitrogens with one attached hydrogen (secondary N) is 1. The predicted molar refractivity (Wildman–Crippen MR) is 69.5 cm³/mol. The molecule has 0 aromatic heterocycles. The number of rotatable bonds is 3. The molecule has 0 aliphatic carbocycles. The number of nitrogens with zero attached hydrogens (tertiary/aromatic N) is 3. The molecule has 0 bridgehead atoms. The Morgan fingerprint density at radius 1 is 1.11 bits per heavy atom. The Balaban J connectivity index is 2.37. The zero-order valence-corrected chi connectivity index (χ0v) is 10.2. The van der Waals surface area contributed by atoms with Crippen LogP contribution < -0.4 is 10.2 Å². The van der Waals surface area contributed by atoms with Gasteiger partial charge in [-0.2, -0.15) is 0 Å². The Morgan fingerprint density at radius 2 is 1.89 bits per heavy atom. The fourth-order valence-corrected chi connectivity index (χ4v) is 2.13. The first-order chi connectivity index (χ1) is 9.09. The summed E-state index contributed by atoms with van der Waals surface area (Å²) in [5, 5.41) is 24.9. The fraction of sp³-hybridized carbons (Fsp3) is 0.455. The molecular formula is C11H14N4O4. The Morgan fingerprint density at radius 3 is 2.58 bits per heavy atom. The molecule has 0 atom stereocenters. The molecule has 1 aliphatic rings. The molecule has 1 heterocycles. The number of non-ortho nitro benzene ring substituents is 1. The molecule has 8 heteroatoms. The highest BCUT2D eigenvalue weighted by molar-refractivity contribution is 5.66. The standard InChI is InChI=1S/C11H14N4O4/c16-14(17)9-2-3-10(11(8-9)15(18)19)13-6-1-4-12-5-7-13/h2-3,8,12H,1,4-7H2. The lowest BCUT2D eigenvalue weighted by Gasteiger charge is -2.21. The molecule has 19 heavy (non-hydrogen) atoms. The highest BCUT2D eigenvalue weighted by atomic mass is 16.6. The van der Waals surface area contributed by atoms with Crippen LogP contribution in [-0.2, 0) is 0 Å². The van der Waals surface area contributed by atoms with Crippen LogP contribution in [0.3, 0.4) is 0 Å². The molecule has 1 aliphatic heterocycles. The second-order valence-corrected chi connectivity index (χ2v) is 4.28. The highest BCUT2D eigenvalue weighted by Gasteiger charge is 2.23. The van der Waals surface area contributed by atoms with E-state index < -0.39 is 9.85 Å². The van der Waals surface area contributed by atoms with Crippen LogP contribution in [0.2, 0.25) is 0 Å². The molecule has 0 amide bonds. The third-order valence-corrected chi connectivity index (χ3v) is 3.05. The molecule has 0 spiro atoms. The summed E-state index contributed by atoms with van der Waals surface area (Å²) in [4.78, 5) is 22.4. The van der Waals surface area contributed by atoms with E-state index in [4.69, 9.17) is 0 Å². The van der Waals surface area contributed by atoms with Gasteiger partial charge in [0, 0.05) is 25.7 Å². The monoisotopic (exact) mass is 266 g/mol. The molecule has 8 nitrogen and oxygen atoms in total. The average Bonchev–Trinajstić information content (AvgIpc) is 2.66. The van der Waals surface area contributed by atoms with Gasteiger partial charge >= 0.3 is 0 Å². The van der Waals surface area contributed by atoms with Gasteiger partial charge in [-0.15, -0.1) is 0 Å². The van der Waals surface area contributed by atoms with Crippen LogP contribution in [0.15, 0.2) is 18.2 Å². The maximum absolute atomic E-state index is 11.1. The van der Waals surface area contributed by atoms with Crippen LogP contribution >= 0.6 is 0 Å². The van der Waals surface area contributed by atoms with Crippen molar-refractivity contribution in [2.24, 2.45) is 0 Å². The molecule has 1 aromatic carbocycles. The smallest absolute Gasteiger partial charge is 0.299 e. The third-order valence-electron chi connectivity index (χ3n) is 3.05. The normalized spacial score (nSPS) is 15.9. The van der Waals surface area contributed by atoms with Crippen LogP contribution in [0.4, 0.5) is 17.1 Å². The van der Waals surface area contributed by atoms with E-state index in [1.807, 2.05) is 4.90 Å². The zero-order chi connectivity index (χ0) is 13.8. The Labute approximate surface area is 109 Å². The van der Waals surface area contributed by atoms with E-state index >= 15 is 0 Å². The molecular weight excluding hydrogens is 252 g/mol. The minimum atomic E-state index is -0.624. The summed E-state index contributed by atoms with van der Waals surface area (Å²) in [5.74, 6) is 0. The predicted octanol–water partition coefficient (Wildman–Crippen LogP) is 1.30. The summed E-state index contributed by atoms with van der Waals surface area (Å²) in [6, 6.07) is 3.79. The van der Waals surface area contributed by atoms with Gasteiger partial charge < -0.3 is 10.2 Å². The van der Waals surface area contributed by atoms with E-state index in [1.165, 1.54) is 12.1 Å². The molecule has 1 saturated heterocycles. The maximum Gasteiger partial charge on any atom is 0.299 e. The summed E-state index contributed by atoms with van der Waals surface area (Å²) in [7, 11) is 0. The Kier molecular flexibility index (Phi) is 3.91. The molecule has 1 aromatic rings. The van der Waals surface area contributed by atoms with E-state index in [9.17, 15) is 20.2 Å². The lowest BCUT2D eigenvalue weighted by atomic mass is 10.2. The second kappa shape index (κ2) is 5.61. The second-order valence-electron chi connectivity index (χ2n) is 4.28. The van der Waals surface area contributed by atoms with E-state index in [2.05, 4.69) is 5.32 Å².